The smallest absolute Gasteiger partial charge is 0.307 e. The normalized spacial score (nSPS) is 30.0. The summed E-state index contributed by atoms with van der Waals surface area (Å²) in [5.74, 6) is 0.0626. The number of hydrogen-bond donors (Lipinski definition) is 1. The number of carboxylic acids is 1. The van der Waals surface area contributed by atoms with Crippen LogP contribution in [0.1, 0.15) is 49.7 Å². The minimum Gasteiger partial charge on any atom is -0.481 e. The maximum atomic E-state index is 11.2. The molecule has 2 atom stereocenters. The molecule has 0 aliphatic heterocycles. The number of rotatable bonds is 3. The lowest BCUT2D eigenvalue weighted by Crippen LogP contribution is -2.03. The van der Waals surface area contributed by atoms with Crippen LogP contribution in [0.4, 0.5) is 0 Å². The van der Waals surface area contributed by atoms with Crippen molar-refractivity contribution in [3.63, 3.8) is 0 Å². The summed E-state index contributed by atoms with van der Waals surface area (Å²) in [7, 11) is 0. The predicted molar refractivity (Wildman–Crippen MR) is 66.1 cm³/mol. The van der Waals surface area contributed by atoms with E-state index in [-0.39, 0.29) is 17.3 Å². The zero-order valence-corrected chi connectivity index (χ0v) is 10.3. The van der Waals surface area contributed by atoms with Gasteiger partial charge in [0.1, 0.15) is 0 Å². The maximum absolute atomic E-state index is 11.2. The molecule has 1 aromatic rings. The van der Waals surface area contributed by atoms with Gasteiger partial charge in [0.05, 0.1) is 5.92 Å². The third kappa shape index (κ3) is 1.67. The summed E-state index contributed by atoms with van der Waals surface area (Å²) in [6, 6.07) is 8.57. The van der Waals surface area contributed by atoms with Crippen LogP contribution in [-0.4, -0.2) is 11.1 Å². The van der Waals surface area contributed by atoms with Gasteiger partial charge in [0.25, 0.3) is 0 Å². The van der Waals surface area contributed by atoms with Crippen molar-refractivity contribution < 1.29 is 9.90 Å². The first kappa shape index (κ1) is 10.8. The van der Waals surface area contributed by atoms with E-state index in [1.54, 1.807) is 0 Å². The Morgan fingerprint density at radius 2 is 1.94 bits per heavy atom. The van der Waals surface area contributed by atoms with Crippen LogP contribution in [0, 0.1) is 11.3 Å². The quantitative estimate of drug-likeness (QED) is 0.864. The summed E-state index contributed by atoms with van der Waals surface area (Å²) in [5, 5.41) is 9.21. The van der Waals surface area contributed by atoms with E-state index in [0.717, 1.165) is 5.92 Å². The monoisotopic (exact) mass is 230 g/mol. The second-order valence-electron chi connectivity index (χ2n) is 6.06. The summed E-state index contributed by atoms with van der Waals surface area (Å²) < 4.78 is 0. The molecule has 2 fully saturated rings. The molecular formula is C15H18O2. The minimum atomic E-state index is -0.656. The molecule has 0 heterocycles. The average Bonchev–Trinajstić information content (AvgIpc) is 3.13. The molecule has 3 rings (SSSR count). The summed E-state index contributed by atoms with van der Waals surface area (Å²) in [6.07, 6.45) is 2.58. The first-order chi connectivity index (χ1) is 8.01. The fourth-order valence-corrected chi connectivity index (χ4v) is 3.14. The molecule has 0 radical (unpaired) electrons. The van der Waals surface area contributed by atoms with Gasteiger partial charge in [0, 0.05) is 5.92 Å². The van der Waals surface area contributed by atoms with Crippen molar-refractivity contribution in [1.82, 2.24) is 0 Å². The van der Waals surface area contributed by atoms with Crippen LogP contribution in [0.25, 0.3) is 0 Å². The van der Waals surface area contributed by atoms with Crippen LogP contribution >= 0.6 is 0 Å². The molecule has 0 amide bonds. The third-order valence-corrected chi connectivity index (χ3v) is 4.41. The van der Waals surface area contributed by atoms with E-state index < -0.39 is 5.97 Å². The van der Waals surface area contributed by atoms with E-state index in [2.05, 4.69) is 38.1 Å². The molecule has 0 bridgehead atoms. The Balaban J connectivity index is 1.90. The first-order valence-corrected chi connectivity index (χ1v) is 6.34. The predicted octanol–water partition coefficient (Wildman–Crippen LogP) is 3.39. The molecule has 2 saturated carbocycles. The highest BCUT2D eigenvalue weighted by atomic mass is 16.4. The highest BCUT2D eigenvalue weighted by Gasteiger charge is 2.62. The Bertz CT molecular complexity index is 472. The lowest BCUT2D eigenvalue weighted by molar-refractivity contribution is -0.139. The van der Waals surface area contributed by atoms with Crippen LogP contribution < -0.4 is 0 Å². The van der Waals surface area contributed by atoms with Crippen molar-refractivity contribution in [2.45, 2.75) is 38.5 Å². The molecule has 2 nitrogen and oxygen atoms in total. The van der Waals surface area contributed by atoms with Crippen molar-refractivity contribution in [1.29, 1.82) is 0 Å². The summed E-state index contributed by atoms with van der Waals surface area (Å²) in [6.45, 7) is 4.11. The van der Waals surface area contributed by atoms with Crippen molar-refractivity contribution >= 4 is 5.97 Å². The lowest BCUT2D eigenvalue weighted by atomic mass is 10.00. The molecule has 17 heavy (non-hydrogen) atoms. The Kier molecular flexibility index (Phi) is 2.13. The maximum Gasteiger partial charge on any atom is 0.307 e. The molecule has 1 aromatic carbocycles. The van der Waals surface area contributed by atoms with E-state index in [4.69, 9.17) is 0 Å². The highest BCUT2D eigenvalue weighted by molar-refractivity contribution is 5.77. The standard InChI is InChI=1S/C15H18O2/c1-15(2)12(13(15)14(16)17)11-5-3-4-10(8-11)9-6-7-9/h3-5,8-9,12-13H,6-7H2,1-2H3,(H,16,17)/t12-,13+/m1/s1. The van der Waals surface area contributed by atoms with Crippen molar-refractivity contribution in [2.75, 3.05) is 0 Å². The van der Waals surface area contributed by atoms with Gasteiger partial charge in [-0.2, -0.15) is 0 Å². The van der Waals surface area contributed by atoms with Crippen LogP contribution in [0.15, 0.2) is 24.3 Å². The van der Waals surface area contributed by atoms with Gasteiger partial charge in [0.15, 0.2) is 0 Å². The fraction of sp³-hybridized carbons (Fsp3) is 0.533. The van der Waals surface area contributed by atoms with Gasteiger partial charge in [-0.1, -0.05) is 38.1 Å². The van der Waals surface area contributed by atoms with Crippen LogP contribution in [0.5, 0.6) is 0 Å². The van der Waals surface area contributed by atoms with Gasteiger partial charge in [-0.15, -0.1) is 0 Å². The van der Waals surface area contributed by atoms with Gasteiger partial charge in [-0.25, -0.2) is 0 Å². The molecule has 90 valence electrons. The highest BCUT2D eigenvalue weighted by Crippen LogP contribution is 2.64. The molecule has 2 aliphatic rings. The number of carboxylic acid groups (broad SMARTS) is 1. The number of aliphatic carboxylic acids is 1. The third-order valence-electron chi connectivity index (χ3n) is 4.41. The largest absolute Gasteiger partial charge is 0.481 e. The van der Waals surface area contributed by atoms with Crippen LogP contribution in [0.2, 0.25) is 0 Å². The van der Waals surface area contributed by atoms with Gasteiger partial charge in [0.2, 0.25) is 0 Å². The van der Waals surface area contributed by atoms with Crippen LogP contribution in [0.3, 0.4) is 0 Å². The van der Waals surface area contributed by atoms with E-state index in [1.165, 1.54) is 24.0 Å². The van der Waals surface area contributed by atoms with E-state index in [0.29, 0.717) is 0 Å². The zero-order chi connectivity index (χ0) is 12.2. The van der Waals surface area contributed by atoms with E-state index >= 15 is 0 Å². The van der Waals surface area contributed by atoms with E-state index in [1.807, 2.05) is 0 Å². The first-order valence-electron chi connectivity index (χ1n) is 6.34. The Morgan fingerprint density at radius 1 is 1.29 bits per heavy atom. The minimum absolute atomic E-state index is 0.0893. The summed E-state index contributed by atoms with van der Waals surface area (Å²) >= 11 is 0. The van der Waals surface area contributed by atoms with Crippen molar-refractivity contribution in [3.8, 4) is 0 Å². The molecule has 0 aromatic heterocycles. The Hall–Kier alpha value is -1.31. The molecule has 0 saturated heterocycles. The summed E-state index contributed by atoms with van der Waals surface area (Å²) in [4.78, 5) is 11.2. The topological polar surface area (TPSA) is 37.3 Å². The van der Waals surface area contributed by atoms with Crippen molar-refractivity contribution in [3.05, 3.63) is 35.4 Å². The molecule has 0 unspecified atom stereocenters. The second-order valence-corrected chi connectivity index (χ2v) is 6.06. The molecule has 1 N–H and O–H groups in total. The number of hydrogen-bond acceptors (Lipinski definition) is 1. The number of carbonyl (C=O) groups is 1. The molecular weight excluding hydrogens is 212 g/mol. The van der Waals surface area contributed by atoms with Gasteiger partial charge in [-0.05, 0) is 35.3 Å². The lowest BCUT2D eigenvalue weighted by Gasteiger charge is -2.05. The zero-order valence-electron chi connectivity index (χ0n) is 10.3. The Morgan fingerprint density at radius 3 is 2.47 bits per heavy atom. The molecule has 0 spiro atoms. The van der Waals surface area contributed by atoms with Gasteiger partial charge >= 0.3 is 5.97 Å². The van der Waals surface area contributed by atoms with Gasteiger partial charge in [-0.3, -0.25) is 4.79 Å². The fourth-order valence-electron chi connectivity index (χ4n) is 3.14. The SMILES string of the molecule is CC1(C)[C@H](C(=O)O)[C@H]1c1cccc(C2CC2)c1. The molecule has 2 heteroatoms. The van der Waals surface area contributed by atoms with Crippen molar-refractivity contribution in [2.24, 2.45) is 11.3 Å². The van der Waals surface area contributed by atoms with Crippen LogP contribution in [-0.2, 0) is 4.79 Å². The second kappa shape index (κ2) is 3.34. The van der Waals surface area contributed by atoms with E-state index in [9.17, 15) is 9.90 Å². The Labute approximate surface area is 102 Å². The van der Waals surface area contributed by atoms with Gasteiger partial charge < -0.3 is 5.11 Å². The summed E-state index contributed by atoms with van der Waals surface area (Å²) in [5.41, 5.74) is 2.52. The molecule has 2 aliphatic carbocycles. The average molecular weight is 230 g/mol. The number of benzene rings is 1.